The van der Waals surface area contributed by atoms with Crippen LogP contribution in [0.1, 0.15) is 11.6 Å². The van der Waals surface area contributed by atoms with E-state index in [9.17, 15) is 8.78 Å². The number of nitrogens with two attached hydrogens (primary N) is 1. The minimum atomic E-state index is -2.91. The van der Waals surface area contributed by atoms with Gasteiger partial charge in [-0.05, 0) is 0 Å². The third kappa shape index (κ3) is 2.84. The first-order valence-electron chi connectivity index (χ1n) is 3.72. The molecular formula is C8H10ClF2NO3. The normalized spacial score (nSPS) is 12.3. The SMILES string of the molecule is Cl.N[C@H](c1c(O)cc(O)cc1O)C(F)F. The predicted octanol–water partition coefficient (Wildman–Crippen LogP) is 1.49. The van der Waals surface area contributed by atoms with Crippen LogP contribution in [0, 0.1) is 0 Å². The van der Waals surface area contributed by atoms with Crippen molar-refractivity contribution in [2.75, 3.05) is 0 Å². The Morgan fingerprint density at radius 1 is 1.07 bits per heavy atom. The molecule has 0 aliphatic rings. The van der Waals surface area contributed by atoms with E-state index in [2.05, 4.69) is 0 Å². The number of halogens is 3. The lowest BCUT2D eigenvalue weighted by Gasteiger charge is -2.14. The molecule has 0 aliphatic heterocycles. The average Bonchev–Trinajstić information content (AvgIpc) is 2.01. The summed E-state index contributed by atoms with van der Waals surface area (Å²) in [5.74, 6) is -1.74. The van der Waals surface area contributed by atoms with Gasteiger partial charge < -0.3 is 21.1 Å². The third-order valence-corrected chi connectivity index (χ3v) is 1.73. The maximum absolute atomic E-state index is 12.2. The smallest absolute Gasteiger partial charge is 0.257 e. The van der Waals surface area contributed by atoms with Gasteiger partial charge in [0.05, 0.1) is 11.6 Å². The highest BCUT2D eigenvalue weighted by atomic mass is 35.5. The Kier molecular flexibility index (Phi) is 4.57. The van der Waals surface area contributed by atoms with Gasteiger partial charge in [0.1, 0.15) is 17.2 Å². The molecule has 15 heavy (non-hydrogen) atoms. The molecule has 5 N–H and O–H groups in total. The summed E-state index contributed by atoms with van der Waals surface area (Å²) in [6.07, 6.45) is -2.91. The number of phenols is 3. The number of aromatic hydroxyl groups is 3. The van der Waals surface area contributed by atoms with Gasteiger partial charge in [-0.15, -0.1) is 12.4 Å². The van der Waals surface area contributed by atoms with Gasteiger partial charge in [0, 0.05) is 12.1 Å². The average molecular weight is 242 g/mol. The van der Waals surface area contributed by atoms with Crippen molar-refractivity contribution >= 4 is 12.4 Å². The second-order valence-corrected chi connectivity index (χ2v) is 2.76. The van der Waals surface area contributed by atoms with E-state index in [0.29, 0.717) is 0 Å². The van der Waals surface area contributed by atoms with E-state index in [4.69, 9.17) is 21.1 Å². The highest BCUT2D eigenvalue weighted by Crippen LogP contribution is 2.37. The topological polar surface area (TPSA) is 86.7 Å². The summed E-state index contributed by atoms with van der Waals surface area (Å²) in [6, 6.07) is -0.121. The summed E-state index contributed by atoms with van der Waals surface area (Å²) in [7, 11) is 0. The van der Waals surface area contributed by atoms with E-state index in [1.807, 2.05) is 0 Å². The molecular weight excluding hydrogens is 232 g/mol. The molecule has 0 aromatic heterocycles. The Labute approximate surface area is 90.4 Å². The zero-order chi connectivity index (χ0) is 10.9. The standard InChI is InChI=1S/C8H9F2NO3.ClH/c9-8(10)7(11)6-4(13)1-3(12)2-5(6)14;/h1-2,7-8,12-14H,11H2;1H/t7-;/m1./s1. The molecule has 4 nitrogen and oxygen atoms in total. The number of alkyl halides is 2. The van der Waals surface area contributed by atoms with Crippen LogP contribution in [-0.4, -0.2) is 21.7 Å². The van der Waals surface area contributed by atoms with Crippen LogP contribution < -0.4 is 5.73 Å². The van der Waals surface area contributed by atoms with Gasteiger partial charge >= 0.3 is 0 Å². The van der Waals surface area contributed by atoms with Crippen LogP contribution in [0.25, 0.3) is 0 Å². The maximum atomic E-state index is 12.2. The van der Waals surface area contributed by atoms with E-state index < -0.39 is 35.3 Å². The first-order chi connectivity index (χ1) is 6.43. The van der Waals surface area contributed by atoms with Crippen molar-refractivity contribution in [2.45, 2.75) is 12.5 Å². The first kappa shape index (κ1) is 13.7. The molecule has 1 atom stereocenters. The maximum Gasteiger partial charge on any atom is 0.257 e. The van der Waals surface area contributed by atoms with E-state index >= 15 is 0 Å². The summed E-state index contributed by atoms with van der Waals surface area (Å²) >= 11 is 0. The van der Waals surface area contributed by atoms with Crippen molar-refractivity contribution in [1.29, 1.82) is 0 Å². The van der Waals surface area contributed by atoms with Crippen molar-refractivity contribution in [3.8, 4) is 17.2 Å². The first-order valence-corrected chi connectivity index (χ1v) is 3.72. The lowest BCUT2D eigenvalue weighted by Crippen LogP contribution is -2.19. The lowest BCUT2D eigenvalue weighted by molar-refractivity contribution is 0.114. The van der Waals surface area contributed by atoms with Gasteiger partial charge in [-0.3, -0.25) is 0 Å². The summed E-state index contributed by atoms with van der Waals surface area (Å²) in [5, 5.41) is 27.2. The van der Waals surface area contributed by atoms with Gasteiger partial charge in [0.25, 0.3) is 6.43 Å². The summed E-state index contributed by atoms with van der Waals surface area (Å²) in [6.45, 7) is 0. The van der Waals surface area contributed by atoms with Crippen molar-refractivity contribution in [1.82, 2.24) is 0 Å². The van der Waals surface area contributed by atoms with Crippen LogP contribution in [-0.2, 0) is 0 Å². The molecule has 1 rings (SSSR count). The fourth-order valence-electron chi connectivity index (χ4n) is 1.08. The van der Waals surface area contributed by atoms with Crippen LogP contribution in [0.4, 0.5) is 8.78 Å². The zero-order valence-corrected chi connectivity index (χ0v) is 8.21. The monoisotopic (exact) mass is 241 g/mol. The number of benzene rings is 1. The van der Waals surface area contributed by atoms with Gasteiger partial charge in [-0.2, -0.15) is 0 Å². The quantitative estimate of drug-likeness (QED) is 0.632. The van der Waals surface area contributed by atoms with Crippen molar-refractivity contribution < 1.29 is 24.1 Å². The van der Waals surface area contributed by atoms with Crippen molar-refractivity contribution in [3.05, 3.63) is 17.7 Å². The van der Waals surface area contributed by atoms with Gasteiger partial charge in [0.2, 0.25) is 0 Å². The molecule has 1 aromatic carbocycles. The second kappa shape index (κ2) is 4.99. The molecule has 0 bridgehead atoms. The second-order valence-electron chi connectivity index (χ2n) is 2.76. The number of phenolic OH excluding ortho intramolecular Hbond substituents is 3. The number of rotatable bonds is 2. The number of hydrogen-bond donors (Lipinski definition) is 4. The summed E-state index contributed by atoms with van der Waals surface area (Å²) < 4.78 is 24.3. The lowest BCUT2D eigenvalue weighted by atomic mass is 10.1. The summed E-state index contributed by atoms with van der Waals surface area (Å²) in [5.41, 5.74) is 4.56. The Morgan fingerprint density at radius 2 is 1.47 bits per heavy atom. The minimum Gasteiger partial charge on any atom is -0.508 e. The van der Waals surface area contributed by atoms with E-state index in [1.165, 1.54) is 0 Å². The Hall–Kier alpha value is -1.27. The van der Waals surface area contributed by atoms with E-state index in [1.54, 1.807) is 0 Å². The molecule has 0 spiro atoms. The molecule has 0 heterocycles. The van der Waals surface area contributed by atoms with Crippen LogP contribution in [0.15, 0.2) is 12.1 Å². The number of hydrogen-bond acceptors (Lipinski definition) is 4. The van der Waals surface area contributed by atoms with Gasteiger partial charge in [0.15, 0.2) is 0 Å². The van der Waals surface area contributed by atoms with Crippen LogP contribution in [0.3, 0.4) is 0 Å². The molecule has 7 heteroatoms. The largest absolute Gasteiger partial charge is 0.508 e. The predicted molar refractivity (Wildman–Crippen MR) is 51.6 cm³/mol. The van der Waals surface area contributed by atoms with Gasteiger partial charge in [-0.1, -0.05) is 0 Å². The van der Waals surface area contributed by atoms with Gasteiger partial charge in [-0.25, -0.2) is 8.78 Å². The molecule has 86 valence electrons. The van der Waals surface area contributed by atoms with Crippen LogP contribution in [0.5, 0.6) is 17.2 Å². The van der Waals surface area contributed by atoms with E-state index in [0.717, 1.165) is 12.1 Å². The fourth-order valence-corrected chi connectivity index (χ4v) is 1.08. The molecule has 0 amide bonds. The Morgan fingerprint density at radius 3 is 1.80 bits per heavy atom. The zero-order valence-electron chi connectivity index (χ0n) is 7.39. The van der Waals surface area contributed by atoms with Crippen LogP contribution in [0.2, 0.25) is 0 Å². The minimum absolute atomic E-state index is 0. The van der Waals surface area contributed by atoms with Crippen molar-refractivity contribution in [2.24, 2.45) is 5.73 Å². The molecule has 0 aliphatic carbocycles. The molecule has 1 aromatic rings. The highest BCUT2D eigenvalue weighted by Gasteiger charge is 2.24. The van der Waals surface area contributed by atoms with Crippen molar-refractivity contribution in [3.63, 3.8) is 0 Å². The molecule has 0 saturated heterocycles. The van der Waals surface area contributed by atoms with E-state index in [-0.39, 0.29) is 12.4 Å². The fraction of sp³-hybridized carbons (Fsp3) is 0.250. The molecule has 0 saturated carbocycles. The highest BCUT2D eigenvalue weighted by molar-refractivity contribution is 5.85. The Balaban J connectivity index is 0.00000196. The Bertz CT molecular complexity index is 326. The third-order valence-electron chi connectivity index (χ3n) is 1.73. The molecule has 0 fully saturated rings. The summed E-state index contributed by atoms with van der Waals surface area (Å²) in [4.78, 5) is 0. The molecule has 0 unspecified atom stereocenters. The van der Waals surface area contributed by atoms with Crippen LogP contribution >= 0.6 is 12.4 Å². The molecule has 0 radical (unpaired) electrons.